The topological polar surface area (TPSA) is 9.23 Å². The van der Waals surface area contributed by atoms with Crippen molar-refractivity contribution in [3.8, 4) is 0 Å². The molecule has 0 bridgehead atoms. The third-order valence-electron chi connectivity index (χ3n) is 2.65. The first-order valence-corrected chi connectivity index (χ1v) is 4.16. The molecule has 0 heterocycles. The molecule has 0 saturated carbocycles. The van der Waals surface area contributed by atoms with Gasteiger partial charge in [-0.15, -0.1) is 0 Å². The maximum absolute atomic E-state index is 5.23. The van der Waals surface area contributed by atoms with Gasteiger partial charge in [-0.3, -0.25) is 0 Å². The summed E-state index contributed by atoms with van der Waals surface area (Å²) in [4.78, 5) is 0. The van der Waals surface area contributed by atoms with Crippen molar-refractivity contribution in [3.05, 3.63) is 0 Å². The fourth-order valence-electron chi connectivity index (χ4n) is 1.05. The Morgan fingerprint density at radius 2 is 1.70 bits per heavy atom. The van der Waals surface area contributed by atoms with E-state index in [4.69, 9.17) is 4.74 Å². The second kappa shape index (κ2) is 4.73. The quantitative estimate of drug-likeness (QED) is 0.589. The summed E-state index contributed by atoms with van der Waals surface area (Å²) >= 11 is 0. The third-order valence-corrected chi connectivity index (χ3v) is 2.65. The van der Waals surface area contributed by atoms with Crippen molar-refractivity contribution in [2.24, 2.45) is 11.8 Å². The van der Waals surface area contributed by atoms with Gasteiger partial charge >= 0.3 is 0 Å². The monoisotopic (exact) mass is 144 g/mol. The van der Waals surface area contributed by atoms with Crippen molar-refractivity contribution in [2.75, 3.05) is 7.11 Å². The summed E-state index contributed by atoms with van der Waals surface area (Å²) in [7, 11) is 1.78. The highest BCUT2D eigenvalue weighted by Gasteiger charge is 2.16. The molecule has 0 aliphatic carbocycles. The van der Waals surface area contributed by atoms with Crippen LogP contribution < -0.4 is 0 Å². The highest BCUT2D eigenvalue weighted by atomic mass is 16.5. The van der Waals surface area contributed by atoms with Gasteiger partial charge in [-0.25, -0.2) is 0 Å². The van der Waals surface area contributed by atoms with Crippen molar-refractivity contribution >= 4 is 0 Å². The highest BCUT2D eigenvalue weighted by Crippen LogP contribution is 2.19. The highest BCUT2D eigenvalue weighted by molar-refractivity contribution is 4.66. The van der Waals surface area contributed by atoms with Crippen molar-refractivity contribution in [1.29, 1.82) is 0 Å². The summed E-state index contributed by atoms with van der Waals surface area (Å²) < 4.78 is 5.23. The molecule has 3 unspecified atom stereocenters. The maximum Gasteiger partial charge on any atom is 0.0571 e. The zero-order valence-corrected chi connectivity index (χ0v) is 7.85. The first-order valence-electron chi connectivity index (χ1n) is 4.16. The van der Waals surface area contributed by atoms with E-state index >= 15 is 0 Å². The second-order valence-corrected chi connectivity index (χ2v) is 3.19. The van der Waals surface area contributed by atoms with E-state index in [0.717, 1.165) is 5.92 Å². The van der Waals surface area contributed by atoms with Crippen LogP contribution in [0.5, 0.6) is 0 Å². The lowest BCUT2D eigenvalue weighted by Crippen LogP contribution is -2.22. The van der Waals surface area contributed by atoms with Gasteiger partial charge in [-0.2, -0.15) is 0 Å². The van der Waals surface area contributed by atoms with Crippen LogP contribution in [0, 0.1) is 11.8 Å². The minimum absolute atomic E-state index is 0.398. The molecule has 0 spiro atoms. The van der Waals surface area contributed by atoms with Gasteiger partial charge in [0.05, 0.1) is 6.10 Å². The average Bonchev–Trinajstić information content (AvgIpc) is 2.00. The van der Waals surface area contributed by atoms with Crippen LogP contribution in [0.2, 0.25) is 0 Å². The summed E-state index contributed by atoms with van der Waals surface area (Å²) in [6.45, 7) is 8.89. The maximum atomic E-state index is 5.23. The molecule has 0 radical (unpaired) electrons. The van der Waals surface area contributed by atoms with Crippen LogP contribution >= 0.6 is 0 Å². The molecule has 62 valence electrons. The van der Waals surface area contributed by atoms with Gasteiger partial charge in [0.25, 0.3) is 0 Å². The van der Waals surface area contributed by atoms with Crippen LogP contribution in [0.25, 0.3) is 0 Å². The van der Waals surface area contributed by atoms with Gasteiger partial charge in [-0.1, -0.05) is 27.2 Å². The van der Waals surface area contributed by atoms with Crippen molar-refractivity contribution < 1.29 is 4.74 Å². The van der Waals surface area contributed by atoms with E-state index < -0.39 is 0 Å². The van der Waals surface area contributed by atoms with Crippen LogP contribution in [0.4, 0.5) is 0 Å². The van der Waals surface area contributed by atoms with Gasteiger partial charge < -0.3 is 4.74 Å². The van der Waals surface area contributed by atoms with E-state index in [0.29, 0.717) is 12.0 Å². The lowest BCUT2D eigenvalue weighted by atomic mass is 9.89. The van der Waals surface area contributed by atoms with Gasteiger partial charge in [0, 0.05) is 7.11 Å². The molecule has 0 aromatic heterocycles. The molecule has 0 aromatic rings. The molecule has 0 aromatic carbocycles. The van der Waals surface area contributed by atoms with Gasteiger partial charge in [0.1, 0.15) is 0 Å². The summed E-state index contributed by atoms with van der Waals surface area (Å²) in [5.41, 5.74) is 0. The largest absolute Gasteiger partial charge is 0.381 e. The molecule has 1 heteroatoms. The Balaban J connectivity index is 3.69. The second-order valence-electron chi connectivity index (χ2n) is 3.19. The molecule has 0 saturated heterocycles. The number of hydrogen-bond donors (Lipinski definition) is 0. The molecule has 0 N–H and O–H groups in total. The summed E-state index contributed by atoms with van der Waals surface area (Å²) in [5.74, 6) is 1.45. The Labute approximate surface area is 64.8 Å². The Hall–Kier alpha value is -0.0400. The average molecular weight is 144 g/mol. The van der Waals surface area contributed by atoms with Crippen LogP contribution in [0.3, 0.4) is 0 Å². The van der Waals surface area contributed by atoms with E-state index in [1.807, 2.05) is 0 Å². The normalized spacial score (nSPS) is 20.1. The standard InChI is InChI=1S/C9H20O/c1-6-7(2)8(3)9(4)10-5/h7-9H,6H2,1-5H3. The molecule has 0 rings (SSSR count). The predicted octanol–water partition coefficient (Wildman–Crippen LogP) is 2.70. The molecule has 1 nitrogen and oxygen atoms in total. The fourth-order valence-corrected chi connectivity index (χ4v) is 1.05. The Morgan fingerprint density at radius 3 is 2.00 bits per heavy atom. The minimum Gasteiger partial charge on any atom is -0.381 e. The first kappa shape index (κ1) is 9.96. The zero-order chi connectivity index (χ0) is 8.15. The smallest absolute Gasteiger partial charge is 0.0571 e. The number of methoxy groups -OCH3 is 1. The Bertz CT molecular complexity index is 70.8. The van der Waals surface area contributed by atoms with E-state index in [1.54, 1.807) is 7.11 Å². The van der Waals surface area contributed by atoms with E-state index in [-0.39, 0.29) is 0 Å². The summed E-state index contributed by atoms with van der Waals surface area (Å²) in [5, 5.41) is 0. The molecule has 3 atom stereocenters. The number of hydrogen-bond acceptors (Lipinski definition) is 1. The fraction of sp³-hybridized carbons (Fsp3) is 1.00. The Morgan fingerprint density at radius 1 is 1.20 bits per heavy atom. The molecule has 0 aliphatic heterocycles. The van der Waals surface area contributed by atoms with Gasteiger partial charge in [0.2, 0.25) is 0 Å². The Kier molecular flexibility index (Phi) is 4.71. The number of ether oxygens (including phenoxy) is 1. The lowest BCUT2D eigenvalue weighted by molar-refractivity contribution is 0.0513. The minimum atomic E-state index is 0.398. The summed E-state index contributed by atoms with van der Waals surface area (Å²) in [6, 6.07) is 0. The molecule has 0 fully saturated rings. The molecule has 0 aliphatic rings. The molecule has 10 heavy (non-hydrogen) atoms. The van der Waals surface area contributed by atoms with Crippen molar-refractivity contribution in [1.82, 2.24) is 0 Å². The van der Waals surface area contributed by atoms with Crippen LogP contribution in [-0.2, 0) is 4.74 Å². The predicted molar refractivity (Wildman–Crippen MR) is 45.1 cm³/mol. The van der Waals surface area contributed by atoms with Crippen molar-refractivity contribution in [2.45, 2.75) is 40.2 Å². The third kappa shape index (κ3) is 2.70. The van der Waals surface area contributed by atoms with Gasteiger partial charge in [0.15, 0.2) is 0 Å². The zero-order valence-electron chi connectivity index (χ0n) is 7.85. The van der Waals surface area contributed by atoms with E-state index in [9.17, 15) is 0 Å². The molecular weight excluding hydrogens is 124 g/mol. The lowest BCUT2D eigenvalue weighted by Gasteiger charge is -2.23. The summed E-state index contributed by atoms with van der Waals surface area (Å²) in [6.07, 6.45) is 1.64. The van der Waals surface area contributed by atoms with Crippen LogP contribution in [-0.4, -0.2) is 13.2 Å². The van der Waals surface area contributed by atoms with Crippen LogP contribution in [0.15, 0.2) is 0 Å². The number of rotatable bonds is 4. The van der Waals surface area contributed by atoms with Crippen molar-refractivity contribution in [3.63, 3.8) is 0 Å². The van der Waals surface area contributed by atoms with E-state index in [2.05, 4.69) is 27.7 Å². The molecule has 0 amide bonds. The van der Waals surface area contributed by atoms with Gasteiger partial charge in [-0.05, 0) is 18.8 Å². The van der Waals surface area contributed by atoms with Crippen LogP contribution in [0.1, 0.15) is 34.1 Å². The first-order chi connectivity index (χ1) is 4.63. The van der Waals surface area contributed by atoms with E-state index in [1.165, 1.54) is 6.42 Å². The SMILES string of the molecule is CCC(C)C(C)C(C)OC. The molecular formula is C9H20O.